The van der Waals surface area contributed by atoms with E-state index in [9.17, 15) is 13.2 Å². The molecule has 0 atom stereocenters. The number of benzene rings is 2. The van der Waals surface area contributed by atoms with E-state index in [1.165, 1.54) is 18.4 Å². The van der Waals surface area contributed by atoms with Crippen LogP contribution in [-0.2, 0) is 27.7 Å². The molecule has 0 unspecified atom stereocenters. The molecule has 0 fully saturated rings. The number of hydrogen-bond acceptors (Lipinski definition) is 3. The first-order valence-electron chi connectivity index (χ1n) is 9.44. The number of carbonyl (C=O) groups is 1. The van der Waals surface area contributed by atoms with Crippen molar-refractivity contribution in [3.05, 3.63) is 78.1 Å². The number of fused-ring (bicyclic) bond motifs is 1. The van der Waals surface area contributed by atoms with Crippen LogP contribution >= 0.6 is 0 Å². The quantitative estimate of drug-likeness (QED) is 0.651. The number of rotatable bonds is 5. The number of nitrogens with zero attached hydrogens (tertiary/aromatic N) is 3. The first-order chi connectivity index (χ1) is 13.9. The van der Waals surface area contributed by atoms with E-state index in [4.69, 9.17) is 0 Å². The highest BCUT2D eigenvalue weighted by Gasteiger charge is 2.27. The zero-order chi connectivity index (χ0) is 20.6. The summed E-state index contributed by atoms with van der Waals surface area (Å²) in [6.45, 7) is 0.571. The monoisotopic (exact) mass is 409 g/mol. The number of aromatic nitrogens is 1. The van der Waals surface area contributed by atoms with E-state index in [-0.39, 0.29) is 17.2 Å². The minimum absolute atomic E-state index is 0.0307. The summed E-state index contributed by atoms with van der Waals surface area (Å²) in [4.78, 5) is 14.9. The van der Waals surface area contributed by atoms with Gasteiger partial charge in [-0.15, -0.1) is 0 Å². The van der Waals surface area contributed by atoms with Gasteiger partial charge >= 0.3 is 0 Å². The lowest BCUT2D eigenvalue weighted by Gasteiger charge is -2.19. The van der Waals surface area contributed by atoms with Gasteiger partial charge in [-0.1, -0.05) is 18.2 Å². The number of anilines is 1. The molecule has 2 aromatic carbocycles. The average molecular weight is 410 g/mol. The molecular formula is C22H23N3O3S. The molecule has 1 aromatic heterocycles. The summed E-state index contributed by atoms with van der Waals surface area (Å²) in [7, 11) is -0.534. The van der Waals surface area contributed by atoms with Crippen LogP contribution in [0.4, 0.5) is 5.69 Å². The molecule has 6 nitrogen and oxygen atoms in total. The summed E-state index contributed by atoms with van der Waals surface area (Å²) < 4.78 is 28.1. The fraction of sp³-hybridized carbons (Fsp3) is 0.227. The Kier molecular flexibility index (Phi) is 5.02. The average Bonchev–Trinajstić information content (AvgIpc) is 3.38. The molecule has 7 heteroatoms. The fourth-order valence-corrected chi connectivity index (χ4v) is 4.47. The maximum Gasteiger partial charge on any atom is 0.242 e. The molecule has 29 heavy (non-hydrogen) atoms. The lowest BCUT2D eigenvalue weighted by atomic mass is 10.1. The van der Waals surface area contributed by atoms with E-state index in [2.05, 4.69) is 0 Å². The molecule has 0 bridgehead atoms. The smallest absolute Gasteiger partial charge is 0.242 e. The Bertz CT molecular complexity index is 1130. The molecule has 1 amide bonds. The highest BCUT2D eigenvalue weighted by atomic mass is 32.2. The van der Waals surface area contributed by atoms with Gasteiger partial charge in [0.05, 0.1) is 11.3 Å². The highest BCUT2D eigenvalue weighted by Crippen LogP contribution is 2.31. The fourth-order valence-electron chi connectivity index (χ4n) is 3.55. The van der Waals surface area contributed by atoms with Crippen LogP contribution in [0.1, 0.15) is 11.1 Å². The molecule has 1 aliphatic rings. The highest BCUT2D eigenvalue weighted by molar-refractivity contribution is 7.89. The van der Waals surface area contributed by atoms with Gasteiger partial charge in [-0.25, -0.2) is 12.7 Å². The van der Waals surface area contributed by atoms with Crippen molar-refractivity contribution in [2.24, 2.45) is 0 Å². The normalized spacial score (nSPS) is 13.7. The minimum atomic E-state index is -3.54. The second kappa shape index (κ2) is 7.50. The van der Waals surface area contributed by atoms with Gasteiger partial charge in [0.15, 0.2) is 0 Å². The predicted molar refractivity (Wildman–Crippen MR) is 113 cm³/mol. The number of hydrogen-bond donors (Lipinski definition) is 0. The van der Waals surface area contributed by atoms with Crippen molar-refractivity contribution in [2.45, 2.75) is 17.7 Å². The Labute approximate surface area is 171 Å². The van der Waals surface area contributed by atoms with Gasteiger partial charge in [0.1, 0.15) is 0 Å². The van der Waals surface area contributed by atoms with Crippen LogP contribution in [-0.4, -0.2) is 43.8 Å². The van der Waals surface area contributed by atoms with E-state index in [0.29, 0.717) is 12.2 Å². The lowest BCUT2D eigenvalue weighted by molar-refractivity contribution is -0.117. The van der Waals surface area contributed by atoms with Crippen molar-refractivity contribution in [2.75, 3.05) is 25.5 Å². The summed E-state index contributed by atoms with van der Waals surface area (Å²) >= 11 is 0. The molecule has 2 heterocycles. The van der Waals surface area contributed by atoms with Crippen LogP contribution < -0.4 is 4.90 Å². The third-order valence-electron chi connectivity index (χ3n) is 5.23. The molecule has 0 saturated heterocycles. The van der Waals surface area contributed by atoms with E-state index in [0.717, 1.165) is 23.2 Å². The molecular weight excluding hydrogens is 386 g/mol. The third-order valence-corrected chi connectivity index (χ3v) is 7.04. The summed E-state index contributed by atoms with van der Waals surface area (Å²) in [6, 6.07) is 16.9. The van der Waals surface area contributed by atoms with Crippen LogP contribution in [0.25, 0.3) is 5.69 Å². The van der Waals surface area contributed by atoms with Crippen molar-refractivity contribution in [1.29, 1.82) is 0 Å². The first kappa shape index (κ1) is 19.4. The van der Waals surface area contributed by atoms with Gasteiger partial charge in [-0.3, -0.25) is 4.79 Å². The van der Waals surface area contributed by atoms with Gasteiger partial charge in [0, 0.05) is 44.4 Å². The number of carbonyl (C=O) groups excluding carboxylic acids is 1. The van der Waals surface area contributed by atoms with Crippen LogP contribution in [0.3, 0.4) is 0 Å². The van der Waals surface area contributed by atoms with Gasteiger partial charge in [-0.2, -0.15) is 0 Å². The summed E-state index contributed by atoms with van der Waals surface area (Å²) in [5.41, 5.74) is 3.66. The van der Waals surface area contributed by atoms with Crippen LogP contribution in [0.15, 0.2) is 71.9 Å². The van der Waals surface area contributed by atoms with Crippen molar-refractivity contribution < 1.29 is 13.2 Å². The molecule has 0 radical (unpaired) electrons. The second-order valence-electron chi connectivity index (χ2n) is 7.31. The zero-order valence-electron chi connectivity index (χ0n) is 16.4. The minimum Gasteiger partial charge on any atom is -0.324 e. The van der Waals surface area contributed by atoms with Crippen molar-refractivity contribution in [1.82, 2.24) is 8.87 Å². The van der Waals surface area contributed by atoms with Gasteiger partial charge < -0.3 is 9.47 Å². The standard InChI is InChI=1S/C22H23N3O3S/c1-23(2)29(27,28)20-10-7-18-11-14-25(21(18)16-20)22(26)15-17-5-8-19(9-6-17)24-12-3-4-13-24/h3-10,12-13,16H,11,14-15H2,1-2H3. The number of sulfonamides is 1. The zero-order valence-corrected chi connectivity index (χ0v) is 17.3. The van der Waals surface area contributed by atoms with Gasteiger partial charge in [0.2, 0.25) is 15.9 Å². The van der Waals surface area contributed by atoms with Crippen molar-refractivity contribution in [3.63, 3.8) is 0 Å². The molecule has 0 N–H and O–H groups in total. The summed E-state index contributed by atoms with van der Waals surface area (Å²) in [6.07, 6.45) is 4.95. The Morgan fingerprint density at radius 2 is 1.72 bits per heavy atom. The van der Waals surface area contributed by atoms with E-state index >= 15 is 0 Å². The third kappa shape index (κ3) is 3.71. The van der Waals surface area contributed by atoms with E-state index in [1.54, 1.807) is 17.0 Å². The molecule has 0 aliphatic carbocycles. The summed E-state index contributed by atoms with van der Waals surface area (Å²) in [5.74, 6) is -0.0307. The lowest BCUT2D eigenvalue weighted by Crippen LogP contribution is -2.30. The van der Waals surface area contributed by atoms with Crippen LogP contribution in [0.2, 0.25) is 0 Å². The predicted octanol–water partition coefficient (Wildman–Crippen LogP) is 2.86. The molecule has 150 valence electrons. The van der Waals surface area contributed by atoms with Gasteiger partial charge in [0.25, 0.3) is 0 Å². The molecule has 3 aromatic rings. The van der Waals surface area contributed by atoms with Crippen molar-refractivity contribution in [3.8, 4) is 5.69 Å². The SMILES string of the molecule is CN(C)S(=O)(=O)c1ccc2c(c1)N(C(=O)Cc1ccc(-n3cccc3)cc1)CC2. The molecule has 0 spiro atoms. The largest absolute Gasteiger partial charge is 0.324 e. The second-order valence-corrected chi connectivity index (χ2v) is 9.46. The first-order valence-corrected chi connectivity index (χ1v) is 10.9. The maximum atomic E-state index is 12.9. The maximum absolute atomic E-state index is 12.9. The van der Waals surface area contributed by atoms with Gasteiger partial charge in [-0.05, 0) is 53.9 Å². The Hall–Kier alpha value is -2.90. The van der Waals surface area contributed by atoms with Crippen molar-refractivity contribution >= 4 is 21.6 Å². The van der Waals surface area contributed by atoms with Crippen LogP contribution in [0.5, 0.6) is 0 Å². The molecule has 1 aliphatic heterocycles. The topological polar surface area (TPSA) is 62.6 Å². The van der Waals surface area contributed by atoms with E-state index in [1.807, 2.05) is 59.4 Å². The Morgan fingerprint density at radius 1 is 1.03 bits per heavy atom. The molecule has 4 rings (SSSR count). The molecule has 0 saturated carbocycles. The Morgan fingerprint density at radius 3 is 2.38 bits per heavy atom. The Balaban J connectivity index is 1.54. The van der Waals surface area contributed by atoms with Crippen LogP contribution in [0, 0.1) is 0 Å². The van der Waals surface area contributed by atoms with E-state index < -0.39 is 10.0 Å². The number of amides is 1. The summed E-state index contributed by atoms with van der Waals surface area (Å²) in [5, 5.41) is 0.